The summed E-state index contributed by atoms with van der Waals surface area (Å²) in [4.78, 5) is 24.3. The van der Waals surface area contributed by atoms with E-state index in [4.69, 9.17) is 4.42 Å². The molecule has 4 aromatic heterocycles. The van der Waals surface area contributed by atoms with Crippen LogP contribution in [-0.2, 0) is 13.1 Å². The van der Waals surface area contributed by atoms with Gasteiger partial charge >= 0.3 is 0 Å². The number of carbonyl (C=O) groups excluding carboxylic acids is 1. The highest BCUT2D eigenvalue weighted by Gasteiger charge is 2.19. The predicted octanol–water partition coefficient (Wildman–Crippen LogP) is 3.76. The minimum absolute atomic E-state index is 0.0838. The summed E-state index contributed by atoms with van der Waals surface area (Å²) in [7, 11) is 0. The number of pyridine rings is 1. The fraction of sp³-hybridized carbons (Fsp3) is 0.105. The second-order valence-corrected chi connectivity index (χ2v) is 6.73. The molecule has 0 aliphatic heterocycles. The van der Waals surface area contributed by atoms with Gasteiger partial charge in [0.2, 0.25) is 0 Å². The quantitative estimate of drug-likeness (QED) is 0.522. The highest BCUT2D eigenvalue weighted by atomic mass is 32.1. The van der Waals surface area contributed by atoms with E-state index in [-0.39, 0.29) is 5.91 Å². The molecule has 0 bridgehead atoms. The minimum Gasteiger partial charge on any atom is -0.467 e. The Morgan fingerprint density at radius 1 is 1.19 bits per heavy atom. The maximum atomic E-state index is 13.0. The number of amides is 1. The van der Waals surface area contributed by atoms with E-state index in [2.05, 4.69) is 9.97 Å². The Labute approximate surface area is 154 Å². The zero-order valence-corrected chi connectivity index (χ0v) is 14.7. The van der Waals surface area contributed by atoms with Gasteiger partial charge in [0.15, 0.2) is 0 Å². The molecule has 6 nitrogen and oxygen atoms in total. The van der Waals surface area contributed by atoms with E-state index in [0.29, 0.717) is 18.7 Å². The molecule has 1 amide bonds. The lowest BCUT2D eigenvalue weighted by molar-refractivity contribution is 0.0719. The highest BCUT2D eigenvalue weighted by molar-refractivity contribution is 7.09. The van der Waals surface area contributed by atoms with Gasteiger partial charge in [-0.25, -0.2) is 9.97 Å². The van der Waals surface area contributed by atoms with Crippen molar-refractivity contribution < 1.29 is 9.21 Å². The summed E-state index contributed by atoms with van der Waals surface area (Å²) < 4.78 is 7.21. The van der Waals surface area contributed by atoms with E-state index in [1.165, 1.54) is 0 Å². The third-order valence-electron chi connectivity index (χ3n) is 3.90. The molecule has 0 atom stereocenters. The monoisotopic (exact) mass is 364 g/mol. The fourth-order valence-electron chi connectivity index (χ4n) is 2.62. The smallest absolute Gasteiger partial charge is 0.256 e. The SMILES string of the molecule is O=C(c1ccc(-n2ccnc2)nc1)N(Cc1ccco1)Cc1cccs1. The summed E-state index contributed by atoms with van der Waals surface area (Å²) in [6.45, 7) is 0.938. The van der Waals surface area contributed by atoms with Gasteiger partial charge in [0, 0.05) is 23.5 Å². The molecule has 0 fully saturated rings. The number of nitrogens with zero attached hydrogens (tertiary/aromatic N) is 4. The van der Waals surface area contributed by atoms with Crippen LogP contribution in [0.15, 0.2) is 77.4 Å². The number of aromatic nitrogens is 3. The zero-order valence-electron chi connectivity index (χ0n) is 13.9. The van der Waals surface area contributed by atoms with Gasteiger partial charge in [-0.1, -0.05) is 6.07 Å². The molecule has 7 heteroatoms. The van der Waals surface area contributed by atoms with E-state index in [9.17, 15) is 4.79 Å². The summed E-state index contributed by atoms with van der Waals surface area (Å²) >= 11 is 1.63. The van der Waals surface area contributed by atoms with Gasteiger partial charge in [0.1, 0.15) is 17.9 Å². The fourth-order valence-corrected chi connectivity index (χ4v) is 3.34. The van der Waals surface area contributed by atoms with Crippen LogP contribution in [0, 0.1) is 0 Å². The second kappa shape index (κ2) is 7.37. The lowest BCUT2D eigenvalue weighted by Crippen LogP contribution is -2.29. The van der Waals surface area contributed by atoms with Crippen LogP contribution in [0.2, 0.25) is 0 Å². The molecule has 0 spiro atoms. The molecular weight excluding hydrogens is 348 g/mol. The molecular formula is C19H16N4O2S. The van der Waals surface area contributed by atoms with Crippen molar-refractivity contribution in [2.75, 3.05) is 0 Å². The van der Waals surface area contributed by atoms with E-state index < -0.39 is 0 Å². The van der Waals surface area contributed by atoms with Crippen LogP contribution in [0.25, 0.3) is 5.82 Å². The number of carbonyl (C=O) groups is 1. The van der Waals surface area contributed by atoms with Gasteiger partial charge in [-0.05, 0) is 35.7 Å². The molecule has 4 aromatic rings. The van der Waals surface area contributed by atoms with Gasteiger partial charge in [-0.2, -0.15) is 0 Å². The lowest BCUT2D eigenvalue weighted by Gasteiger charge is -2.21. The molecule has 0 saturated carbocycles. The standard InChI is InChI=1S/C19H16N4O2S/c24-19(15-5-6-18(21-11-15)22-8-7-20-14-22)23(12-16-3-1-9-25-16)13-17-4-2-10-26-17/h1-11,14H,12-13H2. The first-order valence-electron chi connectivity index (χ1n) is 8.08. The maximum Gasteiger partial charge on any atom is 0.256 e. The van der Waals surface area contributed by atoms with Crippen LogP contribution in [0.1, 0.15) is 21.0 Å². The molecule has 0 aromatic carbocycles. The molecule has 0 aliphatic carbocycles. The van der Waals surface area contributed by atoms with Crippen LogP contribution in [-0.4, -0.2) is 25.3 Å². The average molecular weight is 364 g/mol. The third kappa shape index (κ3) is 3.57. The van der Waals surface area contributed by atoms with Gasteiger partial charge in [-0.3, -0.25) is 9.36 Å². The number of imidazole rings is 1. The van der Waals surface area contributed by atoms with Gasteiger partial charge in [0.25, 0.3) is 5.91 Å². The van der Waals surface area contributed by atoms with E-state index in [1.54, 1.807) is 51.9 Å². The number of hydrogen-bond acceptors (Lipinski definition) is 5. The van der Waals surface area contributed by atoms with Crippen molar-refractivity contribution in [3.63, 3.8) is 0 Å². The van der Waals surface area contributed by atoms with Crippen molar-refractivity contribution in [3.8, 4) is 5.82 Å². The molecule has 4 heterocycles. The molecule has 0 unspecified atom stereocenters. The molecule has 0 aliphatic rings. The summed E-state index contributed by atoms with van der Waals surface area (Å²) in [5.41, 5.74) is 0.539. The zero-order chi connectivity index (χ0) is 17.8. The van der Waals surface area contributed by atoms with Gasteiger partial charge in [-0.15, -0.1) is 11.3 Å². The second-order valence-electron chi connectivity index (χ2n) is 5.69. The number of thiophene rings is 1. The normalized spacial score (nSPS) is 10.8. The third-order valence-corrected chi connectivity index (χ3v) is 4.77. The van der Waals surface area contributed by atoms with Crippen LogP contribution in [0.5, 0.6) is 0 Å². The van der Waals surface area contributed by atoms with Gasteiger partial charge in [0.05, 0.1) is 24.9 Å². The first-order chi connectivity index (χ1) is 12.8. The van der Waals surface area contributed by atoms with E-state index >= 15 is 0 Å². The van der Waals surface area contributed by atoms with Crippen molar-refractivity contribution in [2.45, 2.75) is 13.1 Å². The largest absolute Gasteiger partial charge is 0.467 e. The summed E-state index contributed by atoms with van der Waals surface area (Å²) in [6, 6.07) is 11.3. The molecule has 26 heavy (non-hydrogen) atoms. The number of furan rings is 1. The molecule has 0 saturated heterocycles. The number of hydrogen-bond donors (Lipinski definition) is 0. The number of rotatable bonds is 6. The van der Waals surface area contributed by atoms with Crippen molar-refractivity contribution >= 4 is 17.2 Å². The summed E-state index contributed by atoms with van der Waals surface area (Å²) in [5, 5.41) is 2.01. The van der Waals surface area contributed by atoms with Gasteiger partial charge < -0.3 is 9.32 Å². The molecule has 0 N–H and O–H groups in total. The Kier molecular flexibility index (Phi) is 4.61. The molecule has 130 valence electrons. The topological polar surface area (TPSA) is 64.2 Å². The Morgan fingerprint density at radius 3 is 2.81 bits per heavy atom. The molecule has 0 radical (unpaired) electrons. The van der Waals surface area contributed by atoms with Crippen molar-refractivity contribution in [1.82, 2.24) is 19.4 Å². The lowest BCUT2D eigenvalue weighted by atomic mass is 10.2. The molecule has 4 rings (SSSR count). The van der Waals surface area contributed by atoms with Crippen LogP contribution in [0.3, 0.4) is 0 Å². The Morgan fingerprint density at radius 2 is 2.15 bits per heavy atom. The Hall–Kier alpha value is -3.19. The minimum atomic E-state index is -0.0838. The average Bonchev–Trinajstić information content (AvgIpc) is 3.43. The van der Waals surface area contributed by atoms with E-state index in [0.717, 1.165) is 16.5 Å². The van der Waals surface area contributed by atoms with Crippen LogP contribution >= 0.6 is 11.3 Å². The maximum absolute atomic E-state index is 13.0. The van der Waals surface area contributed by atoms with Crippen LogP contribution < -0.4 is 0 Å². The van der Waals surface area contributed by atoms with E-state index in [1.807, 2.05) is 41.9 Å². The summed E-state index contributed by atoms with van der Waals surface area (Å²) in [5.74, 6) is 1.38. The Balaban J connectivity index is 1.56. The van der Waals surface area contributed by atoms with Crippen molar-refractivity contribution in [1.29, 1.82) is 0 Å². The first kappa shape index (κ1) is 16.3. The van der Waals surface area contributed by atoms with Crippen LogP contribution in [0.4, 0.5) is 0 Å². The highest BCUT2D eigenvalue weighted by Crippen LogP contribution is 2.18. The Bertz CT molecular complexity index is 910. The first-order valence-corrected chi connectivity index (χ1v) is 8.96. The predicted molar refractivity (Wildman–Crippen MR) is 98.0 cm³/mol. The van der Waals surface area contributed by atoms with Crippen molar-refractivity contribution in [2.24, 2.45) is 0 Å². The summed E-state index contributed by atoms with van der Waals surface area (Å²) in [6.07, 6.45) is 8.38. The van der Waals surface area contributed by atoms with Crippen molar-refractivity contribution in [3.05, 3.63) is 89.2 Å².